The fourth-order valence-corrected chi connectivity index (χ4v) is 9.27. The number of nitrogens with one attached hydrogen (secondary N) is 3. The van der Waals surface area contributed by atoms with Crippen molar-refractivity contribution in [2.75, 3.05) is 6.26 Å². The molecule has 0 aliphatic heterocycles. The molecule has 4 fully saturated rings. The lowest BCUT2D eigenvalue weighted by molar-refractivity contribution is -0.135. The highest BCUT2D eigenvalue weighted by molar-refractivity contribution is 7.97. The molecule has 4 aliphatic rings. The van der Waals surface area contributed by atoms with Crippen LogP contribution in [-0.4, -0.2) is 38.3 Å². The van der Waals surface area contributed by atoms with Crippen LogP contribution in [-0.2, 0) is 22.2 Å². The number of hydrogen-bond donors (Lipinski definition) is 3. The zero-order valence-corrected chi connectivity index (χ0v) is 28.6. The summed E-state index contributed by atoms with van der Waals surface area (Å²) in [5.74, 6) is 1.06. The van der Waals surface area contributed by atoms with Gasteiger partial charge in [0.25, 0.3) is 5.89 Å². The predicted octanol–water partition coefficient (Wildman–Crippen LogP) is 7.25. The van der Waals surface area contributed by atoms with Gasteiger partial charge in [-0.2, -0.15) is 0 Å². The number of carbonyl (C=O) groups excluding carboxylic acids is 2. The Bertz CT molecular complexity index is 1580. The van der Waals surface area contributed by atoms with E-state index in [9.17, 15) is 13.8 Å². The largest absolute Gasteiger partial charge is 0.432 e. The Balaban J connectivity index is 1.32. The molecule has 2 bridgehead atoms. The maximum Gasteiger partial charge on any atom is 0.307 e. The minimum absolute atomic E-state index is 0.0962. The van der Waals surface area contributed by atoms with E-state index in [1.54, 1.807) is 0 Å². The van der Waals surface area contributed by atoms with Gasteiger partial charge in [-0.15, -0.1) is 0 Å². The fourth-order valence-electron chi connectivity index (χ4n) is 7.64. The number of rotatable bonds is 9. The summed E-state index contributed by atoms with van der Waals surface area (Å²) >= 11 is 1.35. The predicted molar refractivity (Wildman–Crippen MR) is 181 cm³/mol. The first-order valence-corrected chi connectivity index (χ1v) is 18.8. The van der Waals surface area contributed by atoms with Crippen molar-refractivity contribution in [3.05, 3.63) is 48.0 Å². The summed E-state index contributed by atoms with van der Waals surface area (Å²) in [6.45, 7) is 6.00. The van der Waals surface area contributed by atoms with E-state index in [-0.39, 0.29) is 34.2 Å². The minimum Gasteiger partial charge on any atom is -0.432 e. The Hall–Kier alpha value is -2.69. The van der Waals surface area contributed by atoms with Crippen molar-refractivity contribution in [2.24, 2.45) is 11.3 Å². The second kappa shape index (κ2) is 12.8. The Morgan fingerprint density at radius 2 is 1.64 bits per heavy atom. The fraction of sp³-hybridized carbons (Fsp3) is 0.571. The molecule has 1 heterocycles. The summed E-state index contributed by atoms with van der Waals surface area (Å²) in [6, 6.07) is 11.8. The number of nitrogens with zero attached hydrogens (tertiary/aromatic N) is 1. The lowest BCUT2D eigenvalue weighted by atomic mass is 9.57. The molecule has 1 atom stereocenters. The molecule has 2 amide bonds. The number of aromatic nitrogens is 1. The number of oxazole rings is 1. The van der Waals surface area contributed by atoms with Crippen LogP contribution < -0.4 is 14.8 Å². The Morgan fingerprint density at radius 3 is 2.29 bits per heavy atom. The monoisotopic (exact) mass is 650 g/mol. The molecule has 0 saturated heterocycles. The number of fused-ring (bicyclic) bond motifs is 4. The van der Waals surface area contributed by atoms with Gasteiger partial charge in [0.15, 0.2) is 5.76 Å². The molecule has 3 aromatic rings. The van der Waals surface area contributed by atoms with Crippen molar-refractivity contribution in [2.45, 2.75) is 114 Å². The summed E-state index contributed by atoms with van der Waals surface area (Å²) < 4.78 is 26.0. The van der Waals surface area contributed by atoms with E-state index >= 15 is 0 Å². The van der Waals surface area contributed by atoms with Gasteiger partial charge in [0.2, 0.25) is 5.91 Å². The van der Waals surface area contributed by atoms with Gasteiger partial charge in [0.1, 0.15) is 11.0 Å². The van der Waals surface area contributed by atoms with Crippen LogP contribution in [0.15, 0.2) is 45.7 Å². The quantitative estimate of drug-likeness (QED) is 0.210. The summed E-state index contributed by atoms with van der Waals surface area (Å²) in [6.07, 6.45) is 13.3. The second-order valence-corrected chi connectivity index (χ2v) is 16.2. The van der Waals surface area contributed by atoms with E-state index in [0.29, 0.717) is 16.6 Å². The molecule has 242 valence electrons. The van der Waals surface area contributed by atoms with Crippen molar-refractivity contribution < 1.29 is 18.2 Å². The van der Waals surface area contributed by atoms with Crippen LogP contribution in [0.5, 0.6) is 0 Å². The summed E-state index contributed by atoms with van der Waals surface area (Å²) in [4.78, 5) is 32.3. The molecule has 45 heavy (non-hydrogen) atoms. The van der Waals surface area contributed by atoms with Crippen LogP contribution >= 0.6 is 11.9 Å². The first-order valence-electron chi connectivity index (χ1n) is 16.4. The van der Waals surface area contributed by atoms with Gasteiger partial charge < -0.3 is 9.73 Å². The molecule has 3 N–H and O–H groups in total. The number of carbonyl (C=O) groups is 2. The third-order valence-electron chi connectivity index (χ3n) is 10.1. The molecule has 2 aromatic carbocycles. The highest BCUT2D eigenvalue weighted by Crippen LogP contribution is 2.52. The van der Waals surface area contributed by atoms with Crippen molar-refractivity contribution in [3.8, 4) is 11.3 Å². The molecular weight excluding hydrogens is 605 g/mol. The maximum atomic E-state index is 13.8. The molecule has 1 unspecified atom stereocenters. The molecule has 4 aliphatic carbocycles. The highest BCUT2D eigenvalue weighted by Gasteiger charge is 2.53. The molecule has 1 aromatic heterocycles. The van der Waals surface area contributed by atoms with Gasteiger partial charge in [-0.3, -0.25) is 14.3 Å². The van der Waals surface area contributed by atoms with E-state index < -0.39 is 11.0 Å². The van der Waals surface area contributed by atoms with Gasteiger partial charge >= 0.3 is 5.91 Å². The number of amides is 2. The summed E-state index contributed by atoms with van der Waals surface area (Å²) in [5, 5.41) is 5.13. The van der Waals surface area contributed by atoms with Crippen LogP contribution in [0, 0.1) is 11.3 Å². The van der Waals surface area contributed by atoms with Gasteiger partial charge in [-0.25, -0.2) is 13.9 Å². The van der Waals surface area contributed by atoms with Gasteiger partial charge in [0, 0.05) is 22.9 Å². The van der Waals surface area contributed by atoms with Crippen LogP contribution in [0.3, 0.4) is 0 Å². The zero-order valence-electron chi connectivity index (χ0n) is 26.9. The van der Waals surface area contributed by atoms with E-state index in [4.69, 9.17) is 9.40 Å². The van der Waals surface area contributed by atoms with Gasteiger partial charge in [0.05, 0.1) is 16.0 Å². The number of hydrogen-bond acceptors (Lipinski definition) is 6. The Morgan fingerprint density at radius 1 is 0.978 bits per heavy atom. The zero-order chi connectivity index (χ0) is 31.8. The average molecular weight is 651 g/mol. The van der Waals surface area contributed by atoms with E-state index in [2.05, 4.69) is 14.8 Å². The first kappa shape index (κ1) is 32.3. The normalized spacial score (nSPS) is 24.4. The SMILES string of the molecule is CSNC(=O)C12CCC(NC(=O)c3nc(CC4CCCCC4)c(-c4ccc(S(=O)NC(C)(C)C)c5ccccc45)o3)(CC1)CC2. The minimum atomic E-state index is -1.41. The van der Waals surface area contributed by atoms with Crippen LogP contribution in [0.25, 0.3) is 22.1 Å². The van der Waals surface area contributed by atoms with Gasteiger partial charge in [-0.1, -0.05) is 68.3 Å². The van der Waals surface area contributed by atoms with Gasteiger partial charge in [-0.05, 0) is 94.5 Å². The van der Waals surface area contributed by atoms with Crippen molar-refractivity contribution >= 4 is 45.5 Å². The summed E-state index contributed by atoms with van der Waals surface area (Å²) in [5.41, 5.74) is 0.700. The molecule has 8 nitrogen and oxygen atoms in total. The number of benzene rings is 2. The molecular formula is C35H46N4O4S2. The summed E-state index contributed by atoms with van der Waals surface area (Å²) in [7, 11) is -1.41. The van der Waals surface area contributed by atoms with E-state index in [0.717, 1.165) is 79.8 Å². The van der Waals surface area contributed by atoms with Crippen molar-refractivity contribution in [1.82, 2.24) is 19.7 Å². The van der Waals surface area contributed by atoms with Crippen LogP contribution in [0.4, 0.5) is 0 Å². The smallest absolute Gasteiger partial charge is 0.307 e. The highest BCUT2D eigenvalue weighted by atomic mass is 32.2. The van der Waals surface area contributed by atoms with Crippen molar-refractivity contribution in [1.29, 1.82) is 0 Å². The van der Waals surface area contributed by atoms with E-state index in [1.807, 2.05) is 63.4 Å². The second-order valence-electron chi connectivity index (χ2n) is 14.4. The Labute approximate surface area is 273 Å². The molecule has 7 rings (SSSR count). The molecule has 4 saturated carbocycles. The molecule has 10 heteroatoms. The third kappa shape index (κ3) is 6.74. The average Bonchev–Trinajstić information content (AvgIpc) is 3.44. The maximum absolute atomic E-state index is 13.8. The first-order chi connectivity index (χ1) is 21.5. The topological polar surface area (TPSA) is 113 Å². The van der Waals surface area contributed by atoms with Crippen LogP contribution in [0.2, 0.25) is 0 Å². The third-order valence-corrected chi connectivity index (χ3v) is 12.1. The van der Waals surface area contributed by atoms with Crippen LogP contribution in [0.1, 0.15) is 108 Å². The molecule has 0 radical (unpaired) electrons. The lowest BCUT2D eigenvalue weighted by Gasteiger charge is -2.52. The lowest BCUT2D eigenvalue weighted by Crippen LogP contribution is -2.59. The molecule has 0 spiro atoms. The standard InChI is InChI=1S/C35H46N4O4S2/c1-33(2,3)39-45(42)28-15-14-26(24-12-8-9-13-25(24)28)29-27(22-23-10-6-5-7-11-23)36-31(43-29)30(40)37-35-19-16-34(17-20-35,18-21-35)32(41)38-44-4/h8-9,12-15,23,39H,5-7,10-11,16-22H2,1-4H3,(H,37,40)(H,38,41). The Kier molecular flexibility index (Phi) is 9.20. The van der Waals surface area contributed by atoms with Crippen molar-refractivity contribution in [3.63, 3.8) is 0 Å². The van der Waals surface area contributed by atoms with E-state index in [1.165, 1.54) is 31.2 Å².